The smallest absolute Gasteiger partial charge is 0.0340 e. The predicted molar refractivity (Wildman–Crippen MR) is 83.7 cm³/mol. The normalized spacial score (nSPS) is 17.3. The SMILES string of the molecule is CNCC1(CNc2ccc(CC(C)C)cc2)CCC1. The Morgan fingerprint density at radius 2 is 1.79 bits per heavy atom. The summed E-state index contributed by atoms with van der Waals surface area (Å²) in [7, 11) is 2.06. The summed E-state index contributed by atoms with van der Waals surface area (Å²) in [5.74, 6) is 0.729. The summed E-state index contributed by atoms with van der Waals surface area (Å²) < 4.78 is 0. The van der Waals surface area contributed by atoms with Crippen LogP contribution in [0.3, 0.4) is 0 Å². The van der Waals surface area contributed by atoms with E-state index in [1.165, 1.54) is 36.9 Å². The molecule has 0 amide bonds. The molecule has 0 saturated heterocycles. The van der Waals surface area contributed by atoms with Gasteiger partial charge in [-0.25, -0.2) is 0 Å². The molecule has 106 valence electrons. The molecule has 1 fully saturated rings. The van der Waals surface area contributed by atoms with Crippen LogP contribution in [0.5, 0.6) is 0 Å². The monoisotopic (exact) mass is 260 g/mol. The Bertz CT molecular complexity index is 377. The fourth-order valence-corrected chi connectivity index (χ4v) is 2.99. The summed E-state index contributed by atoms with van der Waals surface area (Å²) in [6, 6.07) is 8.97. The minimum Gasteiger partial charge on any atom is -0.384 e. The molecule has 1 saturated carbocycles. The standard InChI is InChI=1S/C17H28N2/c1-14(2)11-15-5-7-16(8-6-15)19-13-17(12-18-3)9-4-10-17/h5-8,14,18-19H,4,9-13H2,1-3H3. The van der Waals surface area contributed by atoms with E-state index in [0.29, 0.717) is 5.41 Å². The highest BCUT2D eigenvalue weighted by Gasteiger charge is 2.35. The van der Waals surface area contributed by atoms with Gasteiger partial charge >= 0.3 is 0 Å². The predicted octanol–water partition coefficient (Wildman–Crippen LogP) is 3.69. The van der Waals surface area contributed by atoms with Crippen molar-refractivity contribution in [3.05, 3.63) is 29.8 Å². The van der Waals surface area contributed by atoms with E-state index < -0.39 is 0 Å². The molecule has 1 aromatic carbocycles. The van der Waals surface area contributed by atoms with Crippen LogP contribution in [0.2, 0.25) is 0 Å². The van der Waals surface area contributed by atoms with Gasteiger partial charge in [0.05, 0.1) is 0 Å². The van der Waals surface area contributed by atoms with Crippen LogP contribution in [-0.2, 0) is 6.42 Å². The zero-order chi connectivity index (χ0) is 13.7. The molecule has 2 N–H and O–H groups in total. The number of anilines is 1. The second-order valence-electron chi connectivity index (χ2n) is 6.53. The highest BCUT2D eigenvalue weighted by atomic mass is 14.9. The summed E-state index contributed by atoms with van der Waals surface area (Å²) >= 11 is 0. The van der Waals surface area contributed by atoms with E-state index in [4.69, 9.17) is 0 Å². The van der Waals surface area contributed by atoms with Crippen LogP contribution in [0, 0.1) is 11.3 Å². The van der Waals surface area contributed by atoms with Gasteiger partial charge in [0, 0.05) is 24.2 Å². The second-order valence-corrected chi connectivity index (χ2v) is 6.53. The van der Waals surface area contributed by atoms with Crippen molar-refractivity contribution in [3.8, 4) is 0 Å². The van der Waals surface area contributed by atoms with Gasteiger partial charge in [-0.3, -0.25) is 0 Å². The number of hydrogen-bond donors (Lipinski definition) is 2. The molecular formula is C17H28N2. The maximum absolute atomic E-state index is 3.61. The van der Waals surface area contributed by atoms with E-state index in [1.807, 2.05) is 0 Å². The quantitative estimate of drug-likeness (QED) is 0.781. The molecule has 0 bridgehead atoms. The average Bonchev–Trinajstić information content (AvgIpc) is 2.33. The van der Waals surface area contributed by atoms with Crippen LogP contribution in [-0.4, -0.2) is 20.1 Å². The maximum Gasteiger partial charge on any atom is 0.0340 e. The molecule has 1 aliphatic carbocycles. The zero-order valence-corrected chi connectivity index (χ0v) is 12.6. The van der Waals surface area contributed by atoms with Crippen molar-refractivity contribution in [2.45, 2.75) is 39.5 Å². The highest BCUT2D eigenvalue weighted by molar-refractivity contribution is 5.45. The van der Waals surface area contributed by atoms with Gasteiger partial charge in [0.2, 0.25) is 0 Å². The number of hydrogen-bond acceptors (Lipinski definition) is 2. The van der Waals surface area contributed by atoms with Crippen LogP contribution in [0.4, 0.5) is 5.69 Å². The lowest BCUT2D eigenvalue weighted by atomic mass is 9.68. The topological polar surface area (TPSA) is 24.1 Å². The Kier molecular flexibility index (Phi) is 4.87. The van der Waals surface area contributed by atoms with Crippen molar-refractivity contribution in [1.29, 1.82) is 0 Å². The minimum atomic E-state index is 0.491. The molecule has 19 heavy (non-hydrogen) atoms. The zero-order valence-electron chi connectivity index (χ0n) is 12.6. The van der Waals surface area contributed by atoms with Gasteiger partial charge in [0.25, 0.3) is 0 Å². The number of benzene rings is 1. The first-order valence-corrected chi connectivity index (χ1v) is 7.61. The molecule has 2 nitrogen and oxygen atoms in total. The van der Waals surface area contributed by atoms with Crippen molar-refractivity contribution < 1.29 is 0 Å². The largest absolute Gasteiger partial charge is 0.384 e. The molecule has 0 aromatic heterocycles. The summed E-state index contributed by atoms with van der Waals surface area (Å²) in [5.41, 5.74) is 3.19. The lowest BCUT2D eigenvalue weighted by Crippen LogP contribution is -2.44. The van der Waals surface area contributed by atoms with Crippen LogP contribution >= 0.6 is 0 Å². The maximum atomic E-state index is 3.61. The molecule has 1 aromatic rings. The molecule has 0 aliphatic heterocycles. The Labute approximate surface area is 118 Å². The van der Waals surface area contributed by atoms with Crippen LogP contribution in [0.1, 0.15) is 38.7 Å². The Balaban J connectivity index is 1.85. The third kappa shape index (κ3) is 3.97. The molecule has 2 rings (SSSR count). The van der Waals surface area contributed by atoms with E-state index in [9.17, 15) is 0 Å². The fourth-order valence-electron chi connectivity index (χ4n) is 2.99. The average molecular weight is 260 g/mol. The van der Waals surface area contributed by atoms with Crippen molar-refractivity contribution >= 4 is 5.69 Å². The first kappa shape index (κ1) is 14.4. The molecule has 0 spiro atoms. The molecular weight excluding hydrogens is 232 g/mol. The first-order chi connectivity index (χ1) is 9.13. The minimum absolute atomic E-state index is 0.491. The Hall–Kier alpha value is -1.02. The molecule has 1 aliphatic rings. The van der Waals surface area contributed by atoms with Crippen molar-refractivity contribution in [3.63, 3.8) is 0 Å². The van der Waals surface area contributed by atoms with Gasteiger partial charge in [0.15, 0.2) is 0 Å². The van der Waals surface area contributed by atoms with Crippen LogP contribution in [0.25, 0.3) is 0 Å². The lowest BCUT2D eigenvalue weighted by molar-refractivity contribution is 0.151. The van der Waals surface area contributed by atoms with E-state index in [1.54, 1.807) is 0 Å². The van der Waals surface area contributed by atoms with E-state index in [0.717, 1.165) is 19.0 Å². The number of rotatable bonds is 7. The van der Waals surface area contributed by atoms with Crippen LogP contribution < -0.4 is 10.6 Å². The van der Waals surface area contributed by atoms with Crippen LogP contribution in [0.15, 0.2) is 24.3 Å². The molecule has 2 heteroatoms. The molecule has 0 heterocycles. The fraction of sp³-hybridized carbons (Fsp3) is 0.647. The first-order valence-electron chi connectivity index (χ1n) is 7.61. The van der Waals surface area contributed by atoms with Crippen molar-refractivity contribution in [2.24, 2.45) is 11.3 Å². The summed E-state index contributed by atoms with van der Waals surface area (Å²) in [5, 5.41) is 6.95. The third-order valence-corrected chi connectivity index (χ3v) is 4.23. The van der Waals surface area contributed by atoms with E-state index in [-0.39, 0.29) is 0 Å². The molecule has 0 atom stereocenters. The van der Waals surface area contributed by atoms with Gasteiger partial charge in [-0.05, 0) is 49.9 Å². The van der Waals surface area contributed by atoms with Gasteiger partial charge in [-0.1, -0.05) is 32.4 Å². The lowest BCUT2D eigenvalue weighted by Gasteiger charge is -2.42. The van der Waals surface area contributed by atoms with Crippen molar-refractivity contribution in [2.75, 3.05) is 25.5 Å². The summed E-state index contributed by atoms with van der Waals surface area (Å²) in [4.78, 5) is 0. The van der Waals surface area contributed by atoms with Gasteiger partial charge in [-0.15, -0.1) is 0 Å². The molecule has 0 unspecified atom stereocenters. The second kappa shape index (κ2) is 6.42. The summed E-state index contributed by atoms with van der Waals surface area (Å²) in [6.07, 6.45) is 5.26. The number of nitrogens with one attached hydrogen (secondary N) is 2. The van der Waals surface area contributed by atoms with Gasteiger partial charge < -0.3 is 10.6 Å². The Morgan fingerprint density at radius 3 is 2.26 bits per heavy atom. The van der Waals surface area contributed by atoms with E-state index >= 15 is 0 Å². The van der Waals surface area contributed by atoms with Crippen molar-refractivity contribution in [1.82, 2.24) is 5.32 Å². The van der Waals surface area contributed by atoms with Gasteiger partial charge in [0.1, 0.15) is 0 Å². The summed E-state index contributed by atoms with van der Waals surface area (Å²) in [6.45, 7) is 6.76. The molecule has 0 radical (unpaired) electrons. The van der Waals surface area contributed by atoms with E-state index in [2.05, 4.69) is 55.8 Å². The Morgan fingerprint density at radius 1 is 1.11 bits per heavy atom. The van der Waals surface area contributed by atoms with Gasteiger partial charge in [-0.2, -0.15) is 0 Å². The highest BCUT2D eigenvalue weighted by Crippen LogP contribution is 2.40. The third-order valence-electron chi connectivity index (χ3n) is 4.23.